The smallest absolute Gasteiger partial charge is 0.336 e. The summed E-state index contributed by atoms with van der Waals surface area (Å²) < 4.78 is 22.8. The maximum atomic E-state index is 13.9. The Kier molecular flexibility index (Phi) is 9.39. The van der Waals surface area contributed by atoms with E-state index in [0.29, 0.717) is 61.0 Å². The van der Waals surface area contributed by atoms with Crippen molar-refractivity contribution in [2.24, 2.45) is 0 Å². The van der Waals surface area contributed by atoms with Gasteiger partial charge in [0.2, 0.25) is 0 Å². The van der Waals surface area contributed by atoms with Crippen LogP contribution in [-0.2, 0) is 25.7 Å². The average Bonchev–Trinajstić information content (AvgIpc) is 3.02. The van der Waals surface area contributed by atoms with E-state index < -0.39 is 11.9 Å². The molecule has 1 aliphatic heterocycles. The van der Waals surface area contributed by atoms with Crippen LogP contribution in [-0.4, -0.2) is 38.7 Å². The first-order valence-corrected chi connectivity index (χ1v) is 14.4. The molecule has 1 aliphatic carbocycles. The van der Waals surface area contributed by atoms with Gasteiger partial charge in [0.05, 0.1) is 19.3 Å². The van der Waals surface area contributed by atoms with Crippen LogP contribution >= 0.6 is 0 Å². The van der Waals surface area contributed by atoms with Gasteiger partial charge in [0, 0.05) is 35.9 Å². The topological polar surface area (TPSA) is 83.1 Å². The lowest BCUT2D eigenvalue weighted by Gasteiger charge is -2.36. The standard InChI is InChI=1S/C35H37NO6/c1-4-40-17-18-41-35(38)32-23(2)36-28-19-27(25-13-9-6-10-14-25)20-29(37)34(28)33(32)26-15-16-30(31(21-26)39-3)42-22-24-11-7-5-8-12-24/h5-16,21,27,33,36H,4,17-20,22H2,1-3H3/t27-,33-/m0/s1. The van der Waals surface area contributed by atoms with Crippen molar-refractivity contribution in [1.29, 1.82) is 0 Å². The van der Waals surface area contributed by atoms with E-state index in [4.69, 9.17) is 18.9 Å². The van der Waals surface area contributed by atoms with Crippen LogP contribution in [0.4, 0.5) is 0 Å². The fraction of sp³-hybridized carbons (Fsp3) is 0.314. The zero-order chi connectivity index (χ0) is 29.5. The molecule has 1 heterocycles. The van der Waals surface area contributed by atoms with E-state index in [0.717, 1.165) is 22.4 Å². The molecule has 0 spiro atoms. The molecule has 7 nitrogen and oxygen atoms in total. The highest BCUT2D eigenvalue weighted by Gasteiger charge is 2.41. The third-order valence-electron chi connectivity index (χ3n) is 7.74. The largest absolute Gasteiger partial charge is 0.493 e. The van der Waals surface area contributed by atoms with Gasteiger partial charge in [-0.25, -0.2) is 4.79 Å². The van der Waals surface area contributed by atoms with Crippen LogP contribution < -0.4 is 14.8 Å². The van der Waals surface area contributed by atoms with Crippen LogP contribution in [0.3, 0.4) is 0 Å². The van der Waals surface area contributed by atoms with E-state index in [-0.39, 0.29) is 18.3 Å². The molecule has 42 heavy (non-hydrogen) atoms. The quantitative estimate of drug-likeness (QED) is 0.218. The lowest BCUT2D eigenvalue weighted by Crippen LogP contribution is -2.36. The lowest BCUT2D eigenvalue weighted by molar-refractivity contribution is -0.140. The summed E-state index contributed by atoms with van der Waals surface area (Å²) in [5.41, 5.74) is 5.45. The van der Waals surface area contributed by atoms with E-state index in [1.807, 2.05) is 80.6 Å². The summed E-state index contributed by atoms with van der Waals surface area (Å²) in [5.74, 6) is 0.0874. The third kappa shape index (κ3) is 6.42. The summed E-state index contributed by atoms with van der Waals surface area (Å²) in [6.45, 7) is 5.11. The molecule has 0 bridgehead atoms. The van der Waals surface area contributed by atoms with E-state index in [1.54, 1.807) is 7.11 Å². The second-order valence-electron chi connectivity index (χ2n) is 10.4. The van der Waals surface area contributed by atoms with Gasteiger partial charge in [0.15, 0.2) is 17.3 Å². The summed E-state index contributed by atoms with van der Waals surface area (Å²) >= 11 is 0. The van der Waals surface area contributed by atoms with Crippen molar-refractivity contribution in [3.05, 3.63) is 118 Å². The molecular weight excluding hydrogens is 530 g/mol. The van der Waals surface area contributed by atoms with Crippen molar-refractivity contribution in [3.63, 3.8) is 0 Å². The van der Waals surface area contributed by atoms with Crippen LogP contribution in [0.25, 0.3) is 0 Å². The van der Waals surface area contributed by atoms with Gasteiger partial charge < -0.3 is 24.3 Å². The highest BCUT2D eigenvalue weighted by Crippen LogP contribution is 2.47. The highest BCUT2D eigenvalue weighted by atomic mass is 16.6. The Labute approximate surface area is 247 Å². The molecule has 3 aromatic carbocycles. The van der Waals surface area contributed by atoms with Crippen LogP contribution in [0.1, 0.15) is 55.2 Å². The number of hydrogen-bond acceptors (Lipinski definition) is 7. The number of carbonyl (C=O) groups excluding carboxylic acids is 2. The van der Waals surface area contributed by atoms with Gasteiger partial charge in [-0.15, -0.1) is 0 Å². The van der Waals surface area contributed by atoms with Gasteiger partial charge in [-0.1, -0.05) is 66.7 Å². The molecule has 2 atom stereocenters. The number of methoxy groups -OCH3 is 1. The molecule has 0 aromatic heterocycles. The van der Waals surface area contributed by atoms with Gasteiger partial charge in [0.1, 0.15) is 13.2 Å². The maximum absolute atomic E-state index is 13.9. The summed E-state index contributed by atoms with van der Waals surface area (Å²) in [6, 6.07) is 25.6. The molecule has 0 radical (unpaired) electrons. The van der Waals surface area contributed by atoms with Gasteiger partial charge in [-0.2, -0.15) is 0 Å². The van der Waals surface area contributed by atoms with Gasteiger partial charge in [0.25, 0.3) is 0 Å². The molecule has 2 aliphatic rings. The van der Waals surface area contributed by atoms with Crippen LogP contribution in [0.5, 0.6) is 11.5 Å². The van der Waals surface area contributed by atoms with Crippen molar-refractivity contribution in [3.8, 4) is 11.5 Å². The third-order valence-corrected chi connectivity index (χ3v) is 7.74. The summed E-state index contributed by atoms with van der Waals surface area (Å²) in [4.78, 5) is 27.4. The molecular formula is C35H37NO6. The zero-order valence-corrected chi connectivity index (χ0v) is 24.4. The Morgan fingerprint density at radius 3 is 2.36 bits per heavy atom. The molecule has 0 fully saturated rings. The minimum atomic E-state index is -0.609. The molecule has 0 unspecified atom stereocenters. The first kappa shape index (κ1) is 29.1. The minimum absolute atomic E-state index is 0.0121. The number of rotatable bonds is 11. The van der Waals surface area contributed by atoms with E-state index >= 15 is 0 Å². The van der Waals surface area contributed by atoms with Gasteiger partial charge in [-0.05, 0) is 55.0 Å². The lowest BCUT2D eigenvalue weighted by atomic mass is 9.71. The Morgan fingerprint density at radius 2 is 1.64 bits per heavy atom. The Hall–Kier alpha value is -4.36. The van der Waals surface area contributed by atoms with Crippen LogP contribution in [0.15, 0.2) is 101 Å². The Bertz CT molecular complexity index is 1480. The molecule has 0 saturated heterocycles. The fourth-order valence-corrected chi connectivity index (χ4v) is 5.74. The summed E-state index contributed by atoms with van der Waals surface area (Å²) in [6.07, 6.45) is 1.03. The normalized spacial score (nSPS) is 18.3. The molecule has 5 rings (SSSR count). The number of hydrogen-bond donors (Lipinski definition) is 1. The first-order chi connectivity index (χ1) is 20.5. The summed E-state index contributed by atoms with van der Waals surface area (Å²) in [5, 5.41) is 3.41. The van der Waals surface area contributed by atoms with Gasteiger partial charge in [-0.3, -0.25) is 4.79 Å². The van der Waals surface area contributed by atoms with Crippen LogP contribution in [0.2, 0.25) is 0 Å². The van der Waals surface area contributed by atoms with E-state index in [2.05, 4.69) is 17.4 Å². The monoisotopic (exact) mass is 567 g/mol. The van der Waals surface area contributed by atoms with Crippen molar-refractivity contribution in [2.75, 3.05) is 26.9 Å². The zero-order valence-electron chi connectivity index (χ0n) is 24.4. The van der Waals surface area contributed by atoms with Crippen molar-refractivity contribution in [1.82, 2.24) is 5.32 Å². The molecule has 1 N–H and O–H groups in total. The highest BCUT2D eigenvalue weighted by molar-refractivity contribution is 6.04. The second-order valence-corrected chi connectivity index (χ2v) is 10.4. The number of Topliss-reactive ketones (excluding diaryl/α,β-unsaturated/α-hetero) is 1. The van der Waals surface area contributed by atoms with Crippen molar-refractivity contribution >= 4 is 11.8 Å². The number of esters is 1. The van der Waals surface area contributed by atoms with Crippen molar-refractivity contribution < 1.29 is 28.5 Å². The van der Waals surface area contributed by atoms with Gasteiger partial charge >= 0.3 is 5.97 Å². The summed E-state index contributed by atoms with van der Waals surface area (Å²) in [7, 11) is 1.59. The second kappa shape index (κ2) is 13.5. The molecule has 7 heteroatoms. The number of carbonyl (C=O) groups is 2. The van der Waals surface area contributed by atoms with Crippen LogP contribution in [0, 0.1) is 0 Å². The number of nitrogens with one attached hydrogen (secondary N) is 1. The Balaban J connectivity index is 1.50. The number of ether oxygens (including phenoxy) is 4. The SMILES string of the molecule is CCOCCOC(=O)C1=C(C)NC2=C(C(=O)C[C@@H](c3ccccc3)C2)[C@H]1c1ccc(OCc2ccccc2)c(OC)c1. The number of dihydropyridines is 1. The van der Waals surface area contributed by atoms with E-state index in [1.165, 1.54) is 0 Å². The molecule has 0 saturated carbocycles. The average molecular weight is 568 g/mol. The minimum Gasteiger partial charge on any atom is -0.493 e. The fourth-order valence-electron chi connectivity index (χ4n) is 5.74. The van der Waals surface area contributed by atoms with Crippen molar-refractivity contribution in [2.45, 2.75) is 45.1 Å². The molecule has 0 amide bonds. The van der Waals surface area contributed by atoms with E-state index in [9.17, 15) is 9.59 Å². The number of benzene rings is 3. The Morgan fingerprint density at radius 1 is 0.905 bits per heavy atom. The predicted molar refractivity (Wildman–Crippen MR) is 160 cm³/mol. The number of ketones is 1. The first-order valence-electron chi connectivity index (χ1n) is 14.4. The molecule has 3 aromatic rings. The maximum Gasteiger partial charge on any atom is 0.336 e. The molecule has 218 valence electrons. The number of allylic oxidation sites excluding steroid dienone is 3. The predicted octanol–water partition coefficient (Wildman–Crippen LogP) is 6.22.